The Kier molecular flexibility index (Phi) is 4.66. The summed E-state index contributed by atoms with van der Waals surface area (Å²) in [5.74, 6) is 0.452. The van der Waals surface area contributed by atoms with Crippen LogP contribution in [0.15, 0.2) is 83.9 Å². The molecular weight excluding hydrogens is 343 g/mol. The lowest BCUT2D eigenvalue weighted by Crippen LogP contribution is -2.21. The van der Waals surface area contributed by atoms with Crippen molar-refractivity contribution in [1.29, 1.82) is 0 Å². The maximum absolute atomic E-state index is 12.9. The third kappa shape index (κ3) is 3.87. The minimum absolute atomic E-state index is 0.0581. The highest BCUT2D eigenvalue weighted by molar-refractivity contribution is 5.76. The van der Waals surface area contributed by atoms with Crippen molar-refractivity contribution in [3.05, 3.63) is 106 Å². The van der Waals surface area contributed by atoms with Crippen LogP contribution in [0.2, 0.25) is 0 Å². The largest absolute Gasteiger partial charge is 0.489 e. The van der Waals surface area contributed by atoms with E-state index in [-0.39, 0.29) is 11.4 Å². The van der Waals surface area contributed by atoms with Crippen molar-refractivity contribution in [2.45, 2.75) is 13.2 Å². The maximum atomic E-state index is 12.9. The molecule has 0 unspecified atom stereocenters. The van der Waals surface area contributed by atoms with Crippen LogP contribution in [0.3, 0.4) is 0 Å². The van der Waals surface area contributed by atoms with Crippen molar-refractivity contribution in [2.24, 2.45) is 0 Å². The zero-order valence-electron chi connectivity index (χ0n) is 14.5. The van der Waals surface area contributed by atoms with Gasteiger partial charge in [0.15, 0.2) is 0 Å². The van der Waals surface area contributed by atoms with E-state index >= 15 is 0 Å². The van der Waals surface area contributed by atoms with Gasteiger partial charge in [-0.25, -0.2) is 9.37 Å². The highest BCUT2D eigenvalue weighted by Crippen LogP contribution is 2.15. The standard InChI is InChI=1S/C22H17FN2O2/c23-18-9-5-17(6-10-18)14-27-19-11-7-16(8-12-19)13-25-15-24-21-4-2-1-3-20(21)22(25)26/h1-12,15H,13-14H2. The third-order valence-electron chi connectivity index (χ3n) is 4.33. The molecule has 0 amide bonds. The molecule has 0 saturated heterocycles. The van der Waals surface area contributed by atoms with Crippen LogP contribution in [0.4, 0.5) is 4.39 Å². The lowest BCUT2D eigenvalue weighted by Gasteiger charge is -2.09. The molecule has 4 aromatic rings. The molecule has 134 valence electrons. The first-order valence-corrected chi connectivity index (χ1v) is 8.59. The second kappa shape index (κ2) is 7.41. The van der Waals surface area contributed by atoms with Crippen LogP contribution in [0.25, 0.3) is 10.9 Å². The minimum atomic E-state index is -0.262. The van der Waals surface area contributed by atoms with E-state index in [1.165, 1.54) is 12.1 Å². The fourth-order valence-corrected chi connectivity index (χ4v) is 2.85. The van der Waals surface area contributed by atoms with E-state index in [9.17, 15) is 9.18 Å². The highest BCUT2D eigenvalue weighted by Gasteiger charge is 2.04. The topological polar surface area (TPSA) is 44.1 Å². The van der Waals surface area contributed by atoms with E-state index in [4.69, 9.17) is 4.74 Å². The van der Waals surface area contributed by atoms with Crippen molar-refractivity contribution in [1.82, 2.24) is 9.55 Å². The van der Waals surface area contributed by atoms with Crippen molar-refractivity contribution in [3.8, 4) is 5.75 Å². The van der Waals surface area contributed by atoms with Gasteiger partial charge in [-0.2, -0.15) is 0 Å². The molecular formula is C22H17FN2O2. The molecule has 1 aromatic heterocycles. The SMILES string of the molecule is O=c1c2ccccc2ncn1Cc1ccc(OCc2ccc(F)cc2)cc1. The molecule has 0 atom stereocenters. The Morgan fingerprint density at radius 1 is 0.889 bits per heavy atom. The summed E-state index contributed by atoms with van der Waals surface area (Å²) in [6.45, 7) is 0.808. The van der Waals surface area contributed by atoms with Crippen molar-refractivity contribution in [2.75, 3.05) is 0 Å². The Morgan fingerprint density at radius 3 is 2.37 bits per heavy atom. The number of aromatic nitrogens is 2. The molecule has 0 aliphatic rings. The summed E-state index contributed by atoms with van der Waals surface area (Å²) in [4.78, 5) is 16.9. The van der Waals surface area contributed by atoms with Gasteiger partial charge in [-0.15, -0.1) is 0 Å². The monoisotopic (exact) mass is 360 g/mol. The van der Waals surface area contributed by atoms with Gasteiger partial charge < -0.3 is 4.74 Å². The molecule has 3 aromatic carbocycles. The molecule has 0 saturated carbocycles. The Balaban J connectivity index is 1.45. The average Bonchev–Trinajstić information content (AvgIpc) is 2.71. The van der Waals surface area contributed by atoms with Gasteiger partial charge >= 0.3 is 0 Å². The third-order valence-corrected chi connectivity index (χ3v) is 4.33. The molecule has 0 aliphatic heterocycles. The molecule has 0 fully saturated rings. The quantitative estimate of drug-likeness (QED) is 0.537. The van der Waals surface area contributed by atoms with Gasteiger partial charge in [-0.3, -0.25) is 9.36 Å². The molecule has 0 aliphatic carbocycles. The van der Waals surface area contributed by atoms with Gasteiger partial charge in [0, 0.05) is 0 Å². The van der Waals surface area contributed by atoms with Gasteiger partial charge in [0.2, 0.25) is 0 Å². The van der Waals surface area contributed by atoms with Crippen LogP contribution in [0.5, 0.6) is 5.75 Å². The number of rotatable bonds is 5. The second-order valence-corrected chi connectivity index (χ2v) is 6.25. The smallest absolute Gasteiger partial charge is 0.261 e. The van der Waals surface area contributed by atoms with Gasteiger partial charge in [-0.1, -0.05) is 36.4 Å². The van der Waals surface area contributed by atoms with Gasteiger partial charge in [0.25, 0.3) is 5.56 Å². The van der Waals surface area contributed by atoms with Gasteiger partial charge in [0.1, 0.15) is 18.2 Å². The number of fused-ring (bicyclic) bond motifs is 1. The van der Waals surface area contributed by atoms with Gasteiger partial charge in [-0.05, 0) is 47.5 Å². The van der Waals surface area contributed by atoms with Crippen LogP contribution in [0.1, 0.15) is 11.1 Å². The molecule has 4 rings (SSSR count). The molecule has 5 heteroatoms. The summed E-state index contributed by atoms with van der Waals surface area (Å²) in [5.41, 5.74) is 2.51. The second-order valence-electron chi connectivity index (χ2n) is 6.25. The molecule has 0 spiro atoms. The van der Waals surface area contributed by atoms with E-state index < -0.39 is 0 Å². The lowest BCUT2D eigenvalue weighted by molar-refractivity contribution is 0.306. The summed E-state index contributed by atoms with van der Waals surface area (Å²) in [7, 11) is 0. The lowest BCUT2D eigenvalue weighted by atomic mass is 10.2. The summed E-state index contributed by atoms with van der Waals surface area (Å²) in [6, 6.07) is 21.1. The Labute approximate surface area is 155 Å². The number of para-hydroxylation sites is 1. The Bertz CT molecular complexity index is 1120. The highest BCUT2D eigenvalue weighted by atomic mass is 19.1. The Hall–Kier alpha value is -3.47. The predicted molar refractivity (Wildman–Crippen MR) is 102 cm³/mol. The van der Waals surface area contributed by atoms with Crippen LogP contribution in [-0.2, 0) is 13.2 Å². The minimum Gasteiger partial charge on any atom is -0.489 e. The molecule has 0 bridgehead atoms. The van der Waals surface area contributed by atoms with Gasteiger partial charge in [0.05, 0.1) is 23.8 Å². The normalized spacial score (nSPS) is 10.9. The van der Waals surface area contributed by atoms with E-state index in [2.05, 4.69) is 4.98 Å². The first-order chi connectivity index (χ1) is 13.2. The van der Waals surface area contributed by atoms with Crippen LogP contribution in [0, 0.1) is 5.82 Å². The maximum Gasteiger partial charge on any atom is 0.261 e. The van der Waals surface area contributed by atoms with Crippen LogP contribution >= 0.6 is 0 Å². The van der Waals surface area contributed by atoms with Crippen molar-refractivity contribution >= 4 is 10.9 Å². The van der Waals surface area contributed by atoms with E-state index in [0.717, 1.165) is 11.1 Å². The molecule has 0 radical (unpaired) electrons. The molecule has 4 nitrogen and oxygen atoms in total. The fraction of sp³-hybridized carbons (Fsp3) is 0.0909. The number of halogens is 1. The van der Waals surface area contributed by atoms with E-state index in [1.807, 2.05) is 42.5 Å². The van der Waals surface area contributed by atoms with E-state index in [0.29, 0.717) is 29.8 Å². The zero-order valence-corrected chi connectivity index (χ0v) is 14.5. The number of ether oxygens (including phenoxy) is 1. The first kappa shape index (κ1) is 17.0. The van der Waals surface area contributed by atoms with Crippen molar-refractivity contribution in [3.63, 3.8) is 0 Å². The molecule has 27 heavy (non-hydrogen) atoms. The van der Waals surface area contributed by atoms with Crippen LogP contribution < -0.4 is 10.3 Å². The predicted octanol–water partition coefficient (Wildman–Crippen LogP) is 4.16. The molecule has 0 N–H and O–H groups in total. The number of benzene rings is 3. The first-order valence-electron chi connectivity index (χ1n) is 8.59. The number of nitrogens with zero attached hydrogens (tertiary/aromatic N) is 2. The summed E-state index contributed by atoms with van der Waals surface area (Å²) >= 11 is 0. The summed E-state index contributed by atoms with van der Waals surface area (Å²) in [6.07, 6.45) is 1.57. The summed E-state index contributed by atoms with van der Waals surface area (Å²) < 4.78 is 20.2. The Morgan fingerprint density at radius 2 is 1.59 bits per heavy atom. The average molecular weight is 360 g/mol. The van der Waals surface area contributed by atoms with E-state index in [1.54, 1.807) is 29.1 Å². The number of hydrogen-bond donors (Lipinski definition) is 0. The van der Waals surface area contributed by atoms with Crippen LogP contribution in [-0.4, -0.2) is 9.55 Å². The zero-order chi connectivity index (χ0) is 18.6. The summed E-state index contributed by atoms with van der Waals surface area (Å²) in [5, 5.41) is 0.610. The van der Waals surface area contributed by atoms with Crippen molar-refractivity contribution < 1.29 is 9.13 Å². The number of hydrogen-bond acceptors (Lipinski definition) is 3. The molecule has 1 heterocycles. The fourth-order valence-electron chi connectivity index (χ4n) is 2.85.